The van der Waals surface area contributed by atoms with Gasteiger partial charge in [-0.25, -0.2) is 4.79 Å². The summed E-state index contributed by atoms with van der Waals surface area (Å²) in [5.74, 6) is -1.28. The van der Waals surface area contributed by atoms with Gasteiger partial charge in [0.2, 0.25) is 5.91 Å². The number of carbonyl (C=O) groups excluding carboxylic acids is 2. The second-order valence-electron chi connectivity index (χ2n) is 8.55. The summed E-state index contributed by atoms with van der Waals surface area (Å²) in [6.07, 6.45) is 1.05. The fourth-order valence-corrected chi connectivity index (χ4v) is 4.58. The van der Waals surface area contributed by atoms with E-state index in [2.05, 4.69) is 34.9 Å². The van der Waals surface area contributed by atoms with Crippen LogP contribution in [0, 0.1) is 5.92 Å². The molecule has 32 heavy (non-hydrogen) atoms. The van der Waals surface area contributed by atoms with Gasteiger partial charge in [0.15, 0.2) is 0 Å². The first-order valence-corrected chi connectivity index (χ1v) is 11.1. The third kappa shape index (κ3) is 4.61. The van der Waals surface area contributed by atoms with E-state index in [9.17, 15) is 14.4 Å². The molecule has 2 aliphatic carbocycles. The quantitative estimate of drug-likeness (QED) is 0.586. The zero-order valence-electron chi connectivity index (χ0n) is 18.0. The van der Waals surface area contributed by atoms with Gasteiger partial charge in [-0.15, -0.1) is 0 Å². The van der Waals surface area contributed by atoms with Crippen molar-refractivity contribution in [1.82, 2.24) is 10.6 Å². The lowest BCUT2D eigenvalue weighted by Gasteiger charge is -2.35. The highest BCUT2D eigenvalue weighted by Crippen LogP contribution is 2.44. The maximum Gasteiger partial charge on any atom is 0.407 e. The number of alkyl carbamates (subject to hydrolysis) is 1. The van der Waals surface area contributed by atoms with E-state index in [1.807, 2.05) is 31.2 Å². The molecule has 0 heterocycles. The highest BCUT2D eigenvalue weighted by atomic mass is 16.5. The van der Waals surface area contributed by atoms with E-state index in [1.165, 1.54) is 11.1 Å². The number of hydrogen-bond acceptors (Lipinski definition) is 4. The van der Waals surface area contributed by atoms with Crippen molar-refractivity contribution in [3.63, 3.8) is 0 Å². The van der Waals surface area contributed by atoms with E-state index < -0.39 is 12.1 Å². The predicted molar refractivity (Wildman–Crippen MR) is 119 cm³/mol. The lowest BCUT2D eigenvalue weighted by Crippen LogP contribution is -2.51. The van der Waals surface area contributed by atoms with Gasteiger partial charge < -0.3 is 20.5 Å². The van der Waals surface area contributed by atoms with Gasteiger partial charge in [0, 0.05) is 23.9 Å². The van der Waals surface area contributed by atoms with E-state index in [0.717, 1.165) is 11.1 Å². The van der Waals surface area contributed by atoms with Crippen molar-refractivity contribution < 1.29 is 24.2 Å². The molecule has 1 saturated carbocycles. The van der Waals surface area contributed by atoms with Gasteiger partial charge >= 0.3 is 12.1 Å². The highest BCUT2D eigenvalue weighted by molar-refractivity contribution is 5.81. The average molecular weight is 437 g/mol. The topological polar surface area (TPSA) is 105 Å². The molecular formula is C25H28N2O5. The van der Waals surface area contributed by atoms with Crippen LogP contribution in [0.1, 0.15) is 49.7 Å². The summed E-state index contributed by atoms with van der Waals surface area (Å²) in [6.45, 7) is 2.10. The summed E-state index contributed by atoms with van der Waals surface area (Å²) in [5, 5.41) is 14.5. The fraction of sp³-hybridized carbons (Fsp3) is 0.400. The molecule has 7 heteroatoms. The molecule has 168 valence electrons. The molecule has 4 rings (SSSR count). The molecule has 0 radical (unpaired) electrons. The van der Waals surface area contributed by atoms with E-state index >= 15 is 0 Å². The Kier molecular flexibility index (Phi) is 6.44. The van der Waals surface area contributed by atoms with Crippen LogP contribution in [-0.2, 0) is 14.3 Å². The molecule has 2 amide bonds. The van der Waals surface area contributed by atoms with Gasteiger partial charge in [-0.2, -0.15) is 0 Å². The summed E-state index contributed by atoms with van der Waals surface area (Å²) in [7, 11) is 0. The first-order valence-electron chi connectivity index (χ1n) is 11.1. The number of carboxylic acid groups (broad SMARTS) is 1. The van der Waals surface area contributed by atoms with Gasteiger partial charge in [-0.1, -0.05) is 55.5 Å². The van der Waals surface area contributed by atoms with E-state index in [1.54, 1.807) is 0 Å². The Labute approximate surface area is 187 Å². The Morgan fingerprint density at radius 1 is 1.03 bits per heavy atom. The lowest BCUT2D eigenvalue weighted by molar-refractivity contribution is -0.138. The largest absolute Gasteiger partial charge is 0.481 e. The van der Waals surface area contributed by atoms with Crippen LogP contribution in [-0.4, -0.2) is 41.8 Å². The van der Waals surface area contributed by atoms with Gasteiger partial charge in [0.1, 0.15) is 6.61 Å². The number of nitrogens with one attached hydrogen (secondary N) is 2. The lowest BCUT2D eigenvalue weighted by atomic mass is 9.79. The Morgan fingerprint density at radius 3 is 2.19 bits per heavy atom. The molecule has 0 aromatic heterocycles. The van der Waals surface area contributed by atoms with Crippen molar-refractivity contribution in [2.24, 2.45) is 5.92 Å². The Bertz CT molecular complexity index is 969. The molecule has 0 aliphatic heterocycles. The first kappa shape index (κ1) is 21.9. The predicted octanol–water partition coefficient (Wildman–Crippen LogP) is 3.67. The zero-order valence-corrected chi connectivity index (χ0v) is 18.0. The summed E-state index contributed by atoms with van der Waals surface area (Å²) in [6, 6.07) is 15.9. The number of carboxylic acids is 1. The fourth-order valence-electron chi connectivity index (χ4n) is 4.58. The van der Waals surface area contributed by atoms with Crippen molar-refractivity contribution in [3.8, 4) is 11.1 Å². The minimum absolute atomic E-state index is 0.00767. The minimum atomic E-state index is -0.930. The minimum Gasteiger partial charge on any atom is -0.481 e. The maximum absolute atomic E-state index is 12.3. The molecule has 0 spiro atoms. The van der Waals surface area contributed by atoms with Crippen molar-refractivity contribution in [2.75, 3.05) is 6.61 Å². The number of aliphatic carboxylic acids is 1. The Morgan fingerprint density at radius 2 is 1.62 bits per heavy atom. The molecule has 1 atom stereocenters. The molecular weight excluding hydrogens is 408 g/mol. The number of ether oxygens (including phenoxy) is 1. The molecule has 0 unspecified atom stereocenters. The van der Waals surface area contributed by atoms with Crippen LogP contribution < -0.4 is 10.6 Å². The third-order valence-corrected chi connectivity index (χ3v) is 6.43. The van der Waals surface area contributed by atoms with Gasteiger partial charge in [-0.05, 0) is 41.5 Å². The van der Waals surface area contributed by atoms with Gasteiger partial charge in [-0.3, -0.25) is 9.59 Å². The van der Waals surface area contributed by atoms with Crippen molar-refractivity contribution in [1.29, 1.82) is 0 Å². The summed E-state index contributed by atoms with van der Waals surface area (Å²) >= 11 is 0. The molecule has 3 N–H and O–H groups in total. The molecule has 1 fully saturated rings. The number of amides is 2. The van der Waals surface area contributed by atoms with Crippen molar-refractivity contribution >= 4 is 18.0 Å². The van der Waals surface area contributed by atoms with Crippen LogP contribution in [0.25, 0.3) is 11.1 Å². The third-order valence-electron chi connectivity index (χ3n) is 6.43. The Balaban J connectivity index is 1.25. The van der Waals surface area contributed by atoms with Crippen LogP contribution in [0.5, 0.6) is 0 Å². The number of carbonyl (C=O) groups is 3. The monoisotopic (exact) mass is 436 g/mol. The first-order chi connectivity index (χ1) is 15.5. The molecule has 2 aromatic carbocycles. The number of rotatable bonds is 8. The van der Waals surface area contributed by atoms with Gasteiger partial charge in [0.05, 0.1) is 6.42 Å². The van der Waals surface area contributed by atoms with E-state index in [4.69, 9.17) is 9.84 Å². The van der Waals surface area contributed by atoms with Gasteiger partial charge in [0.25, 0.3) is 0 Å². The van der Waals surface area contributed by atoms with Crippen LogP contribution in [0.3, 0.4) is 0 Å². The van der Waals surface area contributed by atoms with Crippen molar-refractivity contribution in [2.45, 2.75) is 50.6 Å². The SMILES string of the molecule is CC[C@@H](CC(=O)O)NC(=O)C1CC(NC(=O)OCC2c3ccccc3-c3ccccc32)C1. The van der Waals surface area contributed by atoms with Crippen LogP contribution in [0.4, 0.5) is 4.79 Å². The normalized spacial score (nSPS) is 19.8. The standard InChI is InChI=1S/C25H28N2O5/c1-2-16(13-23(28)29)26-24(30)15-11-17(12-15)27-25(31)32-14-22-20-9-5-3-7-18(20)19-8-4-6-10-21(19)22/h3-10,15-17,22H,2,11-14H2,1H3,(H,26,30)(H,27,31)(H,28,29)/t15?,16-,17?/m0/s1. The Hall–Kier alpha value is -3.35. The number of hydrogen-bond donors (Lipinski definition) is 3. The second kappa shape index (κ2) is 9.42. The maximum atomic E-state index is 12.3. The molecule has 0 bridgehead atoms. The van der Waals surface area contributed by atoms with Crippen molar-refractivity contribution in [3.05, 3.63) is 59.7 Å². The summed E-state index contributed by atoms with van der Waals surface area (Å²) in [4.78, 5) is 35.5. The van der Waals surface area contributed by atoms with E-state index in [0.29, 0.717) is 19.3 Å². The average Bonchev–Trinajstić information content (AvgIpc) is 3.07. The zero-order chi connectivity index (χ0) is 22.7. The summed E-state index contributed by atoms with van der Waals surface area (Å²) in [5.41, 5.74) is 4.68. The van der Waals surface area contributed by atoms with Crippen LogP contribution in [0.2, 0.25) is 0 Å². The highest BCUT2D eigenvalue weighted by Gasteiger charge is 2.37. The molecule has 0 saturated heterocycles. The molecule has 2 aromatic rings. The van der Waals surface area contributed by atoms with E-state index in [-0.39, 0.29) is 42.9 Å². The second-order valence-corrected chi connectivity index (χ2v) is 8.55. The van der Waals surface area contributed by atoms with Crippen LogP contribution in [0.15, 0.2) is 48.5 Å². The van der Waals surface area contributed by atoms with Crippen LogP contribution >= 0.6 is 0 Å². The number of fused-ring (bicyclic) bond motifs is 3. The smallest absolute Gasteiger partial charge is 0.407 e. The number of benzene rings is 2. The molecule has 7 nitrogen and oxygen atoms in total. The summed E-state index contributed by atoms with van der Waals surface area (Å²) < 4.78 is 5.55. The molecule has 2 aliphatic rings.